The zero-order chi connectivity index (χ0) is 29.7. The molecule has 2 N–H and O–H groups in total. The number of benzene rings is 3. The largest absolute Gasteiger partial charge is 0.476 e. The van der Waals surface area contributed by atoms with E-state index in [4.69, 9.17) is 44.3 Å². The molecule has 2 amide bonds. The maximum Gasteiger partial charge on any atom is 0.349 e. The Morgan fingerprint density at radius 1 is 1.02 bits per heavy atom. The van der Waals surface area contributed by atoms with Crippen LogP contribution >= 0.6 is 34.8 Å². The van der Waals surface area contributed by atoms with E-state index in [-0.39, 0.29) is 29.4 Å². The van der Waals surface area contributed by atoms with Crippen molar-refractivity contribution in [3.8, 4) is 5.75 Å². The van der Waals surface area contributed by atoms with Crippen LogP contribution < -0.4 is 15.4 Å². The molecule has 41 heavy (non-hydrogen) atoms. The summed E-state index contributed by atoms with van der Waals surface area (Å²) in [6.45, 7) is 4.95. The molecular formula is C30H26Cl3FN2O5. The molecule has 3 aromatic rings. The molecule has 11 heteroatoms. The standard InChI is InChI=1S/C30H26Cl3FN2O5/c1-4-40-28(39)29(2,3)41-24-10-6-15(31)11-18(24)21-14-25(37)36-26(19-13-17(34)7-9-22(19)33)30(21)20-8-5-16(32)12-23(20)35-27(30)38/h5-13,21,26H,4,14H2,1-3H3,(H,35,38)(H,36,37). The number of esters is 1. The van der Waals surface area contributed by atoms with Gasteiger partial charge in [0.25, 0.3) is 0 Å². The van der Waals surface area contributed by atoms with Crippen LogP contribution in [0.25, 0.3) is 0 Å². The summed E-state index contributed by atoms with van der Waals surface area (Å²) >= 11 is 19.3. The Hall–Kier alpha value is -3.33. The second-order valence-corrected chi connectivity index (χ2v) is 11.7. The highest BCUT2D eigenvalue weighted by molar-refractivity contribution is 6.32. The van der Waals surface area contributed by atoms with E-state index in [0.29, 0.717) is 26.9 Å². The Bertz CT molecular complexity index is 1580. The number of hydrogen-bond donors (Lipinski definition) is 2. The fourth-order valence-corrected chi connectivity index (χ4v) is 6.34. The fraction of sp³-hybridized carbons (Fsp3) is 0.300. The van der Waals surface area contributed by atoms with Crippen LogP contribution in [-0.2, 0) is 24.5 Å². The third-order valence-corrected chi connectivity index (χ3v) is 8.31. The summed E-state index contributed by atoms with van der Waals surface area (Å²) in [5.74, 6) is -2.72. The van der Waals surface area contributed by atoms with Crippen molar-refractivity contribution in [2.45, 2.75) is 50.2 Å². The molecule has 214 valence electrons. The van der Waals surface area contributed by atoms with Crippen molar-refractivity contribution in [2.24, 2.45) is 0 Å². The number of anilines is 1. The Kier molecular flexibility index (Phi) is 7.70. The van der Waals surface area contributed by atoms with Crippen molar-refractivity contribution in [3.05, 3.63) is 92.2 Å². The molecule has 0 aliphatic carbocycles. The molecule has 0 bridgehead atoms. The van der Waals surface area contributed by atoms with Crippen molar-refractivity contribution in [1.82, 2.24) is 5.32 Å². The number of ether oxygens (including phenoxy) is 2. The molecule has 3 atom stereocenters. The molecule has 5 rings (SSSR count). The number of piperidine rings is 1. The first kappa shape index (κ1) is 29.2. The summed E-state index contributed by atoms with van der Waals surface area (Å²) in [5, 5.41) is 6.68. The predicted octanol–water partition coefficient (Wildman–Crippen LogP) is 6.74. The Balaban J connectivity index is 1.78. The van der Waals surface area contributed by atoms with E-state index >= 15 is 0 Å². The first-order valence-corrected chi connectivity index (χ1v) is 14.0. The number of nitrogens with one attached hydrogen (secondary N) is 2. The number of rotatable bonds is 6. The number of amides is 2. The van der Waals surface area contributed by atoms with Crippen molar-refractivity contribution >= 4 is 58.3 Å². The van der Waals surface area contributed by atoms with Crippen LogP contribution in [0.2, 0.25) is 15.1 Å². The SMILES string of the molecule is CCOC(=O)C(C)(C)Oc1ccc(Cl)cc1C1CC(=O)NC(c2cc(F)ccc2Cl)C12C(=O)Nc1cc(Cl)ccc12. The van der Waals surface area contributed by atoms with Gasteiger partial charge in [0.05, 0.1) is 12.6 Å². The van der Waals surface area contributed by atoms with E-state index < -0.39 is 46.6 Å². The van der Waals surface area contributed by atoms with Gasteiger partial charge in [0.2, 0.25) is 11.8 Å². The number of carbonyl (C=O) groups excluding carboxylic acids is 3. The molecule has 3 aromatic carbocycles. The second kappa shape index (κ2) is 10.8. The highest BCUT2D eigenvalue weighted by Gasteiger charge is 2.62. The normalized spacial score (nSPS) is 21.7. The zero-order valence-electron chi connectivity index (χ0n) is 22.3. The Morgan fingerprint density at radius 3 is 2.46 bits per heavy atom. The lowest BCUT2D eigenvalue weighted by molar-refractivity contribution is -0.158. The van der Waals surface area contributed by atoms with Gasteiger partial charge in [0.1, 0.15) is 17.0 Å². The third kappa shape index (κ3) is 5.02. The van der Waals surface area contributed by atoms with Crippen LogP contribution in [0.15, 0.2) is 54.6 Å². The summed E-state index contributed by atoms with van der Waals surface area (Å²) in [6.07, 6.45) is -0.157. The highest BCUT2D eigenvalue weighted by atomic mass is 35.5. The lowest BCUT2D eigenvalue weighted by Gasteiger charge is -2.47. The second-order valence-electron chi connectivity index (χ2n) is 10.5. The monoisotopic (exact) mass is 618 g/mol. The van der Waals surface area contributed by atoms with Gasteiger partial charge < -0.3 is 20.1 Å². The van der Waals surface area contributed by atoms with E-state index in [1.54, 1.807) is 57.2 Å². The fourth-order valence-electron chi connectivity index (χ4n) is 5.76. The number of halogens is 4. The Morgan fingerprint density at radius 2 is 1.73 bits per heavy atom. The maximum atomic E-state index is 14.6. The van der Waals surface area contributed by atoms with Crippen LogP contribution in [0.3, 0.4) is 0 Å². The maximum absolute atomic E-state index is 14.6. The van der Waals surface area contributed by atoms with Gasteiger partial charge >= 0.3 is 5.97 Å². The topological polar surface area (TPSA) is 93.7 Å². The molecule has 2 heterocycles. The van der Waals surface area contributed by atoms with E-state index in [9.17, 15) is 18.8 Å². The van der Waals surface area contributed by atoms with Crippen molar-refractivity contribution in [3.63, 3.8) is 0 Å². The average molecular weight is 620 g/mol. The summed E-state index contributed by atoms with van der Waals surface area (Å²) in [4.78, 5) is 40.4. The third-order valence-electron chi connectivity index (χ3n) is 7.50. The lowest BCUT2D eigenvalue weighted by atomic mass is 9.59. The van der Waals surface area contributed by atoms with Gasteiger partial charge in [-0.1, -0.05) is 40.9 Å². The van der Waals surface area contributed by atoms with Gasteiger partial charge in [-0.05, 0) is 80.4 Å². The molecule has 0 radical (unpaired) electrons. The lowest BCUT2D eigenvalue weighted by Crippen LogP contribution is -2.57. The first-order valence-electron chi connectivity index (χ1n) is 12.9. The van der Waals surface area contributed by atoms with Crippen LogP contribution in [0.5, 0.6) is 5.75 Å². The van der Waals surface area contributed by atoms with Crippen LogP contribution in [0, 0.1) is 5.82 Å². The van der Waals surface area contributed by atoms with Crippen LogP contribution in [-0.4, -0.2) is 30.0 Å². The molecule has 0 aromatic heterocycles. The zero-order valence-corrected chi connectivity index (χ0v) is 24.6. The molecule has 2 aliphatic rings. The number of hydrogen-bond acceptors (Lipinski definition) is 5. The molecular weight excluding hydrogens is 594 g/mol. The minimum atomic E-state index is -1.54. The summed E-state index contributed by atoms with van der Waals surface area (Å²) in [5.41, 5.74) is -1.37. The van der Waals surface area contributed by atoms with Gasteiger partial charge in [-0.2, -0.15) is 0 Å². The molecule has 1 saturated heterocycles. The van der Waals surface area contributed by atoms with Crippen molar-refractivity contribution in [2.75, 3.05) is 11.9 Å². The van der Waals surface area contributed by atoms with E-state index in [0.717, 1.165) is 0 Å². The van der Waals surface area contributed by atoms with E-state index in [2.05, 4.69) is 10.6 Å². The van der Waals surface area contributed by atoms with Crippen molar-refractivity contribution in [1.29, 1.82) is 0 Å². The number of fused-ring (bicyclic) bond motifs is 2. The number of carbonyl (C=O) groups is 3. The molecule has 1 spiro atoms. The first-order chi connectivity index (χ1) is 19.4. The van der Waals surface area contributed by atoms with E-state index in [1.807, 2.05) is 0 Å². The smallest absolute Gasteiger partial charge is 0.349 e. The van der Waals surface area contributed by atoms with Crippen LogP contribution in [0.4, 0.5) is 10.1 Å². The quantitative estimate of drug-likeness (QED) is 0.298. The van der Waals surface area contributed by atoms with Crippen LogP contribution in [0.1, 0.15) is 55.8 Å². The van der Waals surface area contributed by atoms with Gasteiger partial charge in [-0.3, -0.25) is 9.59 Å². The summed E-state index contributed by atoms with van der Waals surface area (Å²) < 4.78 is 26.0. The molecule has 0 saturated carbocycles. The van der Waals surface area contributed by atoms with Gasteiger partial charge in [-0.25, -0.2) is 9.18 Å². The summed E-state index contributed by atoms with van der Waals surface area (Å²) in [7, 11) is 0. The molecule has 1 fully saturated rings. The minimum Gasteiger partial charge on any atom is -0.476 e. The van der Waals surface area contributed by atoms with Crippen molar-refractivity contribution < 1.29 is 28.2 Å². The van der Waals surface area contributed by atoms with E-state index in [1.165, 1.54) is 18.2 Å². The Labute approximate surface area is 251 Å². The average Bonchev–Trinajstić information content (AvgIpc) is 3.18. The molecule has 2 aliphatic heterocycles. The minimum absolute atomic E-state index is 0.153. The van der Waals surface area contributed by atoms with Gasteiger partial charge in [0, 0.05) is 38.7 Å². The van der Waals surface area contributed by atoms with Gasteiger partial charge in [-0.15, -0.1) is 0 Å². The highest BCUT2D eigenvalue weighted by Crippen LogP contribution is 2.59. The summed E-state index contributed by atoms with van der Waals surface area (Å²) in [6, 6.07) is 12.4. The molecule has 3 unspecified atom stereocenters. The predicted molar refractivity (Wildman–Crippen MR) is 154 cm³/mol. The van der Waals surface area contributed by atoms with Gasteiger partial charge in [0.15, 0.2) is 5.60 Å². The molecule has 7 nitrogen and oxygen atoms in total.